The summed E-state index contributed by atoms with van der Waals surface area (Å²) in [7, 11) is 0. The molecule has 8 aromatic rings. The van der Waals surface area contributed by atoms with E-state index in [-0.39, 0.29) is 11.1 Å². The van der Waals surface area contributed by atoms with Crippen molar-refractivity contribution in [2.24, 2.45) is 0 Å². The second-order valence-electron chi connectivity index (χ2n) is 9.76. The minimum atomic E-state index is 0.00187. The number of rotatable bonds is 0. The Kier molecular flexibility index (Phi) is 4.98. The maximum atomic E-state index is 8.63. The van der Waals surface area contributed by atoms with Gasteiger partial charge in [0.25, 0.3) is 0 Å². The average molecular weight is 505 g/mol. The van der Waals surface area contributed by atoms with Gasteiger partial charge >= 0.3 is 0 Å². The molecule has 4 nitrogen and oxygen atoms in total. The molecule has 0 aromatic heterocycles. The fourth-order valence-electron chi connectivity index (χ4n) is 6.00. The number of benzene rings is 8. The van der Waals surface area contributed by atoms with Crippen molar-refractivity contribution < 1.29 is 0 Å². The molecule has 4 heteroatoms. The highest BCUT2D eigenvalue weighted by atomic mass is 14.3. The Hall–Kier alpha value is -6.20. The molecule has 0 atom stereocenters. The van der Waals surface area contributed by atoms with E-state index in [1.807, 2.05) is 0 Å². The smallest absolute Gasteiger partial charge is 0.136 e. The Morgan fingerprint density at radius 1 is 0.300 bits per heavy atom. The molecule has 180 valence electrons. The number of hydrogen-bond donors (Lipinski definition) is 0. The fraction of sp³-hybridized carbons (Fsp3) is 0. The topological polar surface area (TPSA) is 95.2 Å². The van der Waals surface area contributed by atoms with Crippen LogP contribution >= 0.6 is 0 Å². The van der Waals surface area contributed by atoms with Crippen LogP contribution in [0.25, 0.3) is 75.8 Å². The van der Waals surface area contributed by atoms with Crippen molar-refractivity contribution in [3.05, 3.63) is 107 Å². The van der Waals surface area contributed by atoms with Gasteiger partial charge in [-0.25, -0.2) is 0 Å². The molecule has 0 radical (unpaired) electrons. The van der Waals surface area contributed by atoms with Gasteiger partial charge in [-0.1, -0.05) is 97.1 Å². The van der Waals surface area contributed by atoms with Crippen LogP contribution in [-0.2, 0) is 0 Å². The quantitative estimate of drug-likeness (QED) is 0.164. The van der Waals surface area contributed by atoms with Crippen LogP contribution in [0.2, 0.25) is 0 Å². The maximum Gasteiger partial charge on any atom is 0.136 e. The minimum Gasteiger partial charge on any atom is -0.192 e. The van der Waals surface area contributed by atoms with E-state index < -0.39 is 0 Å². The van der Waals surface area contributed by atoms with Gasteiger partial charge in [0.2, 0.25) is 0 Å². The van der Waals surface area contributed by atoms with Crippen molar-refractivity contribution in [3.8, 4) is 24.3 Å². The van der Waals surface area contributed by atoms with Gasteiger partial charge in [-0.05, 0) is 64.6 Å². The summed E-state index contributed by atoms with van der Waals surface area (Å²) in [4.78, 5) is 0. The summed E-state index contributed by atoms with van der Waals surface area (Å²) in [6.07, 6.45) is 0. The first-order valence-electron chi connectivity index (χ1n) is 12.7. The number of nitrogens with zero attached hydrogens (tertiary/aromatic N) is 4. The van der Waals surface area contributed by atoms with E-state index >= 15 is 0 Å². The highest BCUT2D eigenvalue weighted by molar-refractivity contribution is 6.44. The molecule has 8 aromatic carbocycles. The van der Waals surface area contributed by atoms with Gasteiger partial charge in [0.1, 0.15) is 35.4 Å². The molecule has 0 N–H and O–H groups in total. The summed E-state index contributed by atoms with van der Waals surface area (Å²) in [5.41, 5.74) is 0.00373. The Bertz CT molecular complexity index is 2070. The summed E-state index contributed by atoms with van der Waals surface area (Å²) in [6, 6.07) is 40.5. The molecule has 8 rings (SSSR count). The molecule has 0 unspecified atom stereocenters. The Balaban J connectivity index is 0.000000146. The van der Waals surface area contributed by atoms with Crippen molar-refractivity contribution in [1.29, 1.82) is 21.0 Å². The first kappa shape index (κ1) is 23.0. The first-order chi connectivity index (χ1) is 19.7. The molecule has 0 saturated carbocycles. The van der Waals surface area contributed by atoms with E-state index in [0.717, 1.165) is 0 Å². The van der Waals surface area contributed by atoms with E-state index in [1.165, 1.54) is 88.9 Å². The van der Waals surface area contributed by atoms with Gasteiger partial charge in [-0.2, -0.15) is 21.0 Å². The van der Waals surface area contributed by atoms with E-state index in [2.05, 4.69) is 72.8 Å². The van der Waals surface area contributed by atoms with Crippen LogP contribution in [0.4, 0.5) is 0 Å². The third-order valence-corrected chi connectivity index (χ3v) is 7.80. The van der Waals surface area contributed by atoms with Crippen LogP contribution in [0.5, 0.6) is 0 Å². The second kappa shape index (κ2) is 8.68. The molecule has 0 bridgehead atoms. The maximum absolute atomic E-state index is 8.63. The van der Waals surface area contributed by atoms with E-state index in [0.29, 0.717) is 10.4 Å². The highest BCUT2D eigenvalue weighted by Crippen LogP contribution is 2.47. The third kappa shape index (κ3) is 3.15. The summed E-state index contributed by atoms with van der Waals surface area (Å²) in [5.74, 6) is 0. The predicted octanol–water partition coefficient (Wildman–Crippen LogP) is 7.00. The molecule has 40 heavy (non-hydrogen) atoms. The lowest BCUT2D eigenvalue weighted by Gasteiger charge is -2.20. The monoisotopic (exact) mass is 504 g/mol. The van der Waals surface area contributed by atoms with Gasteiger partial charge in [-0.3, -0.25) is 0 Å². The van der Waals surface area contributed by atoms with Gasteiger partial charge in [0.15, 0.2) is 0 Å². The van der Waals surface area contributed by atoms with Crippen molar-refractivity contribution in [1.82, 2.24) is 0 Å². The van der Waals surface area contributed by atoms with Crippen LogP contribution in [0.15, 0.2) is 97.1 Å². The van der Waals surface area contributed by atoms with Crippen molar-refractivity contribution in [2.45, 2.75) is 0 Å². The average Bonchev–Trinajstić information content (AvgIpc) is 3.02. The van der Waals surface area contributed by atoms with Crippen molar-refractivity contribution in [3.63, 3.8) is 0 Å². The highest BCUT2D eigenvalue weighted by Gasteiger charge is 2.19. The van der Waals surface area contributed by atoms with Crippen molar-refractivity contribution in [2.75, 3.05) is 0 Å². The molecule has 0 spiro atoms. The Labute approximate surface area is 228 Å². The molecular weight excluding hydrogens is 488 g/mol. The first-order valence-corrected chi connectivity index (χ1v) is 12.7. The molecule has 0 aliphatic carbocycles. The normalized spacial score (nSPS) is 10.9. The summed E-state index contributed by atoms with van der Waals surface area (Å²) < 4.78 is 0. The lowest BCUT2D eigenvalue weighted by atomic mass is 9.83. The summed E-state index contributed by atoms with van der Waals surface area (Å²) in [5, 5.41) is 52.2. The molecule has 0 aliphatic heterocycles. The SMILES string of the molecule is N#CC(C#N)=c1ccc(=C(C#N)C#N)cc1.c1cc2ccc3ccc4ccc5ccc6ccc1c1c2c3c4c5c61. The molecule has 0 heterocycles. The fourth-order valence-corrected chi connectivity index (χ4v) is 6.00. The molecule has 0 fully saturated rings. The Morgan fingerprint density at radius 3 is 0.625 bits per heavy atom. The zero-order valence-corrected chi connectivity index (χ0v) is 21.0. The van der Waals surface area contributed by atoms with Crippen LogP contribution in [0.3, 0.4) is 0 Å². The summed E-state index contributed by atoms with van der Waals surface area (Å²) >= 11 is 0. The van der Waals surface area contributed by atoms with Crippen LogP contribution in [0.1, 0.15) is 0 Å². The number of hydrogen-bond acceptors (Lipinski definition) is 4. The van der Waals surface area contributed by atoms with Gasteiger partial charge < -0.3 is 0 Å². The number of nitriles is 4. The van der Waals surface area contributed by atoms with Gasteiger partial charge in [0.05, 0.1) is 0 Å². The van der Waals surface area contributed by atoms with Crippen LogP contribution in [0, 0.1) is 45.3 Å². The lowest BCUT2D eigenvalue weighted by molar-refractivity contribution is 1.46. The van der Waals surface area contributed by atoms with Crippen molar-refractivity contribution >= 4 is 75.8 Å². The van der Waals surface area contributed by atoms with Crippen LogP contribution in [-0.4, -0.2) is 0 Å². The van der Waals surface area contributed by atoms with E-state index in [4.69, 9.17) is 21.0 Å². The zero-order chi connectivity index (χ0) is 27.4. The summed E-state index contributed by atoms with van der Waals surface area (Å²) in [6.45, 7) is 0. The Morgan fingerprint density at radius 2 is 0.475 bits per heavy atom. The second-order valence-corrected chi connectivity index (χ2v) is 9.76. The molecule has 0 amide bonds. The molecule has 0 saturated heterocycles. The molecular formula is C36H16N4. The largest absolute Gasteiger partial charge is 0.192 e. The minimum absolute atomic E-state index is 0.00187. The lowest BCUT2D eigenvalue weighted by Crippen LogP contribution is -2.11. The van der Waals surface area contributed by atoms with E-state index in [9.17, 15) is 0 Å². The predicted molar refractivity (Wildman–Crippen MR) is 160 cm³/mol. The standard InChI is InChI=1S/C24H12.C12H4N4/c1-2-14-5-6-16-9-11-18-12-10-17-8-7-15-4-3-13(1)19-20(14)22(16)24(18)23(17)21(15)19;13-5-11(6-14)9-1-2-10(4-3-9)12(7-15)8-16/h1-12H;1-4H. The van der Waals surface area contributed by atoms with Gasteiger partial charge in [-0.15, -0.1) is 0 Å². The van der Waals surface area contributed by atoms with Crippen LogP contribution < -0.4 is 10.4 Å². The zero-order valence-electron chi connectivity index (χ0n) is 21.0. The third-order valence-electron chi connectivity index (χ3n) is 7.80. The molecule has 0 aliphatic rings. The van der Waals surface area contributed by atoms with E-state index in [1.54, 1.807) is 24.3 Å². The van der Waals surface area contributed by atoms with Gasteiger partial charge in [0, 0.05) is 10.4 Å².